The highest BCUT2D eigenvalue weighted by atomic mass is 16.4. The van der Waals surface area contributed by atoms with Crippen LogP contribution in [0.15, 0.2) is 0 Å². The molecule has 2 atom stereocenters. The van der Waals surface area contributed by atoms with Gasteiger partial charge in [-0.05, 0) is 26.3 Å². The minimum absolute atomic E-state index is 0.00616. The summed E-state index contributed by atoms with van der Waals surface area (Å²) >= 11 is 0. The fraction of sp³-hybridized carbons (Fsp3) is 0.833. The van der Waals surface area contributed by atoms with Crippen molar-refractivity contribution in [2.45, 2.75) is 44.2 Å². The van der Waals surface area contributed by atoms with Gasteiger partial charge in [-0.15, -0.1) is 0 Å². The van der Waals surface area contributed by atoms with Crippen molar-refractivity contribution in [1.82, 2.24) is 9.80 Å². The number of hydrogen-bond acceptors (Lipinski definition) is 3. The van der Waals surface area contributed by atoms with E-state index in [1.807, 2.05) is 4.90 Å². The Morgan fingerprint density at radius 1 is 1.18 bits per heavy atom. The van der Waals surface area contributed by atoms with E-state index in [-0.39, 0.29) is 18.7 Å². The minimum Gasteiger partial charge on any atom is -0.481 e. The zero-order chi connectivity index (χ0) is 12.4. The average molecular weight is 240 g/mol. The number of amides is 1. The fourth-order valence-electron chi connectivity index (χ4n) is 2.91. The number of carbonyl (C=O) groups excluding carboxylic acids is 1. The maximum atomic E-state index is 11.9. The molecule has 2 rings (SSSR count). The van der Waals surface area contributed by atoms with Gasteiger partial charge >= 0.3 is 5.97 Å². The second-order valence-corrected chi connectivity index (χ2v) is 5.07. The normalized spacial score (nSPS) is 29.1. The summed E-state index contributed by atoms with van der Waals surface area (Å²) in [5.41, 5.74) is 0. The molecule has 5 heteroatoms. The van der Waals surface area contributed by atoms with Gasteiger partial charge in [0.05, 0.1) is 6.42 Å². The Hall–Kier alpha value is -1.10. The lowest BCUT2D eigenvalue weighted by Crippen LogP contribution is -2.39. The molecule has 0 radical (unpaired) electrons. The van der Waals surface area contributed by atoms with Crippen LogP contribution in [0.5, 0.6) is 0 Å². The van der Waals surface area contributed by atoms with E-state index in [9.17, 15) is 9.59 Å². The highest BCUT2D eigenvalue weighted by molar-refractivity contribution is 5.80. The van der Waals surface area contributed by atoms with E-state index >= 15 is 0 Å². The van der Waals surface area contributed by atoms with Crippen molar-refractivity contribution >= 4 is 11.9 Å². The molecule has 0 spiro atoms. The molecule has 1 N–H and O–H groups in total. The smallest absolute Gasteiger partial charge is 0.303 e. The minimum atomic E-state index is -0.896. The fourth-order valence-corrected chi connectivity index (χ4v) is 2.91. The van der Waals surface area contributed by atoms with E-state index in [1.165, 1.54) is 6.42 Å². The van der Waals surface area contributed by atoms with E-state index in [0.29, 0.717) is 12.1 Å². The summed E-state index contributed by atoms with van der Waals surface area (Å²) in [5.74, 6) is -0.903. The number of nitrogens with zero attached hydrogens (tertiary/aromatic N) is 2. The third-order valence-electron chi connectivity index (χ3n) is 4.05. The maximum absolute atomic E-state index is 11.9. The van der Waals surface area contributed by atoms with Crippen LogP contribution in [0.1, 0.15) is 32.1 Å². The number of likely N-dealkylation sites (N-methyl/N-ethyl adjacent to an activating group) is 1. The Morgan fingerprint density at radius 2 is 1.88 bits per heavy atom. The lowest BCUT2D eigenvalue weighted by Gasteiger charge is -2.25. The molecule has 2 aliphatic rings. The molecule has 17 heavy (non-hydrogen) atoms. The van der Waals surface area contributed by atoms with Crippen molar-refractivity contribution in [3.63, 3.8) is 0 Å². The van der Waals surface area contributed by atoms with Gasteiger partial charge in [0.25, 0.3) is 0 Å². The first-order valence-electron chi connectivity index (χ1n) is 6.29. The molecular weight excluding hydrogens is 220 g/mol. The Kier molecular flexibility index (Phi) is 3.66. The van der Waals surface area contributed by atoms with Crippen LogP contribution in [0, 0.1) is 0 Å². The van der Waals surface area contributed by atoms with Crippen molar-refractivity contribution in [2.75, 3.05) is 20.1 Å². The van der Waals surface area contributed by atoms with Gasteiger partial charge in [-0.1, -0.05) is 0 Å². The predicted molar refractivity (Wildman–Crippen MR) is 62.6 cm³/mol. The van der Waals surface area contributed by atoms with E-state index in [1.54, 1.807) is 0 Å². The summed E-state index contributed by atoms with van der Waals surface area (Å²) in [4.78, 5) is 26.6. The number of aliphatic carboxylic acids is 1. The lowest BCUT2D eigenvalue weighted by atomic mass is 10.1. The predicted octanol–water partition coefficient (Wildman–Crippen LogP) is 0.546. The van der Waals surface area contributed by atoms with Crippen LogP contribution in [-0.2, 0) is 9.59 Å². The van der Waals surface area contributed by atoms with Crippen LogP contribution in [0.25, 0.3) is 0 Å². The Morgan fingerprint density at radius 3 is 2.59 bits per heavy atom. The molecule has 2 aliphatic heterocycles. The van der Waals surface area contributed by atoms with Gasteiger partial charge in [0, 0.05) is 31.6 Å². The zero-order valence-electron chi connectivity index (χ0n) is 10.3. The molecule has 0 aromatic rings. The molecule has 1 amide bonds. The third-order valence-corrected chi connectivity index (χ3v) is 4.05. The molecule has 2 bridgehead atoms. The topological polar surface area (TPSA) is 60.9 Å². The molecule has 0 aromatic carbocycles. The van der Waals surface area contributed by atoms with Crippen LogP contribution in [0.2, 0.25) is 0 Å². The second-order valence-electron chi connectivity index (χ2n) is 5.07. The molecule has 2 heterocycles. The van der Waals surface area contributed by atoms with Crippen LogP contribution in [-0.4, -0.2) is 59.0 Å². The van der Waals surface area contributed by atoms with Crippen LogP contribution in [0.3, 0.4) is 0 Å². The van der Waals surface area contributed by atoms with Crippen molar-refractivity contribution in [1.29, 1.82) is 0 Å². The molecule has 0 aromatic heterocycles. The van der Waals surface area contributed by atoms with Gasteiger partial charge < -0.3 is 10.0 Å². The van der Waals surface area contributed by atoms with Gasteiger partial charge in [-0.2, -0.15) is 0 Å². The number of hydrogen-bond donors (Lipinski definition) is 1. The number of carboxylic acids is 1. The lowest BCUT2D eigenvalue weighted by molar-refractivity contribution is -0.141. The number of likely N-dealkylation sites (tertiary alicyclic amines) is 1. The molecule has 96 valence electrons. The average Bonchev–Trinajstić information content (AvgIpc) is 2.50. The first kappa shape index (κ1) is 12.4. The van der Waals surface area contributed by atoms with Crippen LogP contribution < -0.4 is 0 Å². The van der Waals surface area contributed by atoms with Gasteiger partial charge in [-0.3, -0.25) is 14.5 Å². The molecule has 0 saturated carbocycles. The van der Waals surface area contributed by atoms with Crippen LogP contribution >= 0.6 is 0 Å². The van der Waals surface area contributed by atoms with E-state index in [2.05, 4.69) is 11.9 Å². The maximum Gasteiger partial charge on any atom is 0.303 e. The molecular formula is C12H20N2O3. The molecule has 2 unspecified atom stereocenters. The summed E-state index contributed by atoms with van der Waals surface area (Å²) in [6.07, 6.45) is 3.49. The zero-order valence-corrected chi connectivity index (χ0v) is 10.3. The summed E-state index contributed by atoms with van der Waals surface area (Å²) in [6.45, 7) is 1.55. The second kappa shape index (κ2) is 5.04. The first-order valence-corrected chi connectivity index (χ1v) is 6.29. The third kappa shape index (κ3) is 2.77. The first-order chi connectivity index (χ1) is 8.08. The molecule has 2 fully saturated rings. The van der Waals surface area contributed by atoms with Gasteiger partial charge in [0.2, 0.25) is 5.91 Å². The summed E-state index contributed by atoms with van der Waals surface area (Å²) in [7, 11) is 2.13. The number of carboxylic acid groups (broad SMARTS) is 1. The highest BCUT2D eigenvalue weighted by Crippen LogP contribution is 2.28. The van der Waals surface area contributed by atoms with Gasteiger partial charge in [0.15, 0.2) is 0 Å². The number of fused-ring (bicyclic) bond motifs is 2. The quantitative estimate of drug-likeness (QED) is 0.782. The largest absolute Gasteiger partial charge is 0.481 e. The van der Waals surface area contributed by atoms with Gasteiger partial charge in [0.1, 0.15) is 0 Å². The molecule has 0 aliphatic carbocycles. The Labute approximate surface area is 101 Å². The monoisotopic (exact) mass is 240 g/mol. The number of carbonyl (C=O) groups is 2. The highest BCUT2D eigenvalue weighted by Gasteiger charge is 2.35. The Balaban J connectivity index is 1.90. The Bertz CT molecular complexity index is 319. The molecule has 2 saturated heterocycles. The van der Waals surface area contributed by atoms with E-state index in [4.69, 9.17) is 5.11 Å². The van der Waals surface area contributed by atoms with E-state index < -0.39 is 5.97 Å². The standard InChI is InChI=1S/C12H20N2O3/c1-13-9-2-3-10(13)8-14(7-6-9)11(15)4-5-12(16)17/h9-10H,2-8H2,1H3,(H,16,17). The van der Waals surface area contributed by atoms with Gasteiger partial charge in [-0.25, -0.2) is 0 Å². The summed E-state index contributed by atoms with van der Waals surface area (Å²) in [6, 6.07) is 1.08. The summed E-state index contributed by atoms with van der Waals surface area (Å²) < 4.78 is 0. The SMILES string of the molecule is CN1C2CCC1CN(C(=O)CCC(=O)O)CC2. The molecule has 5 nitrogen and oxygen atoms in total. The van der Waals surface area contributed by atoms with Crippen molar-refractivity contribution in [2.24, 2.45) is 0 Å². The van der Waals surface area contributed by atoms with Crippen molar-refractivity contribution < 1.29 is 14.7 Å². The van der Waals surface area contributed by atoms with Crippen LogP contribution in [0.4, 0.5) is 0 Å². The van der Waals surface area contributed by atoms with Crippen molar-refractivity contribution in [3.05, 3.63) is 0 Å². The van der Waals surface area contributed by atoms with Crippen molar-refractivity contribution in [3.8, 4) is 0 Å². The van der Waals surface area contributed by atoms with E-state index in [0.717, 1.165) is 25.9 Å². The summed E-state index contributed by atoms with van der Waals surface area (Å²) in [5, 5.41) is 8.58. The number of rotatable bonds is 3.